The molecule has 0 saturated heterocycles. The normalized spacial score (nSPS) is 10.8. The monoisotopic (exact) mass is 301 g/mol. The molecule has 0 amide bonds. The average Bonchev–Trinajstić information content (AvgIpc) is 2.79. The summed E-state index contributed by atoms with van der Waals surface area (Å²) in [5.74, 6) is -2.57. The first-order chi connectivity index (χ1) is 9.43. The highest BCUT2D eigenvalue weighted by Gasteiger charge is 2.21. The number of thiazole rings is 1. The van der Waals surface area contributed by atoms with Crippen molar-refractivity contribution in [1.29, 1.82) is 0 Å². The predicted octanol–water partition coefficient (Wildman–Crippen LogP) is -0.291. The van der Waals surface area contributed by atoms with Crippen LogP contribution in [-0.4, -0.2) is 42.3 Å². The summed E-state index contributed by atoms with van der Waals surface area (Å²) in [7, 11) is 1.17. The van der Waals surface area contributed by atoms with Gasteiger partial charge in [-0.15, -0.1) is 11.3 Å². The zero-order chi connectivity index (χ0) is 15.1. The quantitative estimate of drug-likeness (QED) is 0.340. The summed E-state index contributed by atoms with van der Waals surface area (Å²) in [5.41, 5.74) is 5.13. The van der Waals surface area contributed by atoms with Crippen LogP contribution in [0.1, 0.15) is 12.6 Å². The first-order valence-corrected chi connectivity index (χ1v) is 6.03. The predicted molar refractivity (Wildman–Crippen MR) is 67.8 cm³/mol. The lowest BCUT2D eigenvalue weighted by molar-refractivity contribution is -0.153. The molecule has 1 rings (SSSR count). The molecule has 0 radical (unpaired) electrons. The maximum Gasteiger partial charge on any atom is 0.370 e. The number of nitrogens with two attached hydrogens (primary N) is 1. The second-order valence-corrected chi connectivity index (χ2v) is 4.13. The van der Waals surface area contributed by atoms with E-state index < -0.39 is 24.5 Å². The minimum atomic E-state index is -1.06. The number of ether oxygens (including phenoxy) is 2. The summed E-state index contributed by atoms with van der Waals surface area (Å²) in [6.45, 7) is 0.549. The third-order valence-electron chi connectivity index (χ3n) is 1.76. The van der Waals surface area contributed by atoms with Gasteiger partial charge in [0.25, 0.3) is 0 Å². The van der Waals surface area contributed by atoms with Crippen LogP contribution < -0.4 is 5.73 Å². The molecule has 1 aromatic rings. The molecule has 0 saturated carbocycles. The summed E-state index contributed by atoms with van der Waals surface area (Å²) in [5, 5.41) is 5.04. The molecule has 0 aliphatic carbocycles. The largest absolute Gasteiger partial charge is 0.466 e. The molecule has 0 atom stereocenters. The van der Waals surface area contributed by atoms with Crippen molar-refractivity contribution in [2.75, 3.05) is 19.5 Å². The van der Waals surface area contributed by atoms with Crippen molar-refractivity contribution in [3.05, 3.63) is 11.1 Å². The number of aromatic nitrogens is 1. The van der Waals surface area contributed by atoms with E-state index in [4.69, 9.17) is 5.73 Å². The molecule has 108 valence electrons. The Morgan fingerprint density at radius 3 is 2.65 bits per heavy atom. The van der Waals surface area contributed by atoms with Gasteiger partial charge < -0.3 is 20.0 Å². The van der Waals surface area contributed by atoms with Gasteiger partial charge in [0.1, 0.15) is 5.69 Å². The lowest BCUT2D eigenvalue weighted by Gasteiger charge is -2.02. The van der Waals surface area contributed by atoms with Gasteiger partial charge in [-0.25, -0.2) is 14.6 Å². The highest BCUT2D eigenvalue weighted by molar-refractivity contribution is 7.13. The van der Waals surface area contributed by atoms with Gasteiger partial charge in [-0.3, -0.25) is 4.79 Å². The Bertz CT molecular complexity index is 553. The molecule has 10 heteroatoms. The fraction of sp³-hybridized carbons (Fsp3) is 0.300. The molecule has 0 aromatic carbocycles. The number of anilines is 1. The van der Waals surface area contributed by atoms with Gasteiger partial charge in [0.05, 0.1) is 7.11 Å². The van der Waals surface area contributed by atoms with E-state index in [1.807, 2.05) is 0 Å². The maximum atomic E-state index is 11.7. The minimum absolute atomic E-state index is 0.0728. The van der Waals surface area contributed by atoms with E-state index in [-0.39, 0.29) is 16.5 Å². The molecule has 1 heterocycles. The molecule has 20 heavy (non-hydrogen) atoms. The van der Waals surface area contributed by atoms with E-state index in [9.17, 15) is 14.4 Å². The molecule has 0 aliphatic rings. The lowest BCUT2D eigenvalue weighted by atomic mass is 10.3. The van der Waals surface area contributed by atoms with Crippen LogP contribution in [-0.2, 0) is 28.7 Å². The van der Waals surface area contributed by atoms with Crippen molar-refractivity contribution in [1.82, 2.24) is 4.98 Å². The first kappa shape index (κ1) is 15.6. The second kappa shape index (κ2) is 7.19. The molecular formula is C10H11N3O6S. The van der Waals surface area contributed by atoms with Crippen LogP contribution in [0.25, 0.3) is 0 Å². The van der Waals surface area contributed by atoms with Crippen molar-refractivity contribution in [2.24, 2.45) is 5.16 Å². The minimum Gasteiger partial charge on any atom is -0.466 e. The van der Waals surface area contributed by atoms with E-state index in [2.05, 4.69) is 24.5 Å². The molecule has 0 aliphatic heterocycles. The Morgan fingerprint density at radius 1 is 1.45 bits per heavy atom. The number of rotatable bonds is 5. The smallest absolute Gasteiger partial charge is 0.370 e. The summed E-state index contributed by atoms with van der Waals surface area (Å²) < 4.78 is 8.71. The number of carbonyl (C=O) groups is 3. The number of hydrogen-bond donors (Lipinski definition) is 1. The number of nitrogens with zero attached hydrogens (tertiary/aromatic N) is 2. The van der Waals surface area contributed by atoms with E-state index in [1.54, 1.807) is 0 Å². The SMILES string of the molecule is COC(=O)CON=C(C(=O)OC(C)=O)c1csc(N)n1. The van der Waals surface area contributed by atoms with Crippen LogP contribution >= 0.6 is 11.3 Å². The topological polar surface area (TPSA) is 130 Å². The molecule has 2 N–H and O–H groups in total. The van der Waals surface area contributed by atoms with Gasteiger partial charge in [0.15, 0.2) is 5.13 Å². The molecule has 0 fully saturated rings. The Hall–Kier alpha value is -2.49. The summed E-state index contributed by atoms with van der Waals surface area (Å²) in [6.07, 6.45) is 0. The van der Waals surface area contributed by atoms with Crippen LogP contribution in [0.5, 0.6) is 0 Å². The Labute approximate surface area is 117 Å². The summed E-state index contributed by atoms with van der Waals surface area (Å²) in [6, 6.07) is 0. The second-order valence-electron chi connectivity index (χ2n) is 3.24. The van der Waals surface area contributed by atoms with Gasteiger partial charge >= 0.3 is 17.9 Å². The van der Waals surface area contributed by atoms with Gasteiger partial charge in [0, 0.05) is 12.3 Å². The number of hydrogen-bond acceptors (Lipinski definition) is 10. The Balaban J connectivity index is 2.89. The van der Waals surface area contributed by atoms with Gasteiger partial charge in [-0.2, -0.15) is 0 Å². The Morgan fingerprint density at radius 2 is 2.15 bits per heavy atom. The third kappa shape index (κ3) is 4.65. The van der Waals surface area contributed by atoms with Gasteiger partial charge in [-0.05, 0) is 0 Å². The number of oxime groups is 1. The van der Waals surface area contributed by atoms with Crippen LogP contribution in [0, 0.1) is 0 Å². The average molecular weight is 301 g/mol. The zero-order valence-corrected chi connectivity index (χ0v) is 11.4. The van der Waals surface area contributed by atoms with Crippen molar-refractivity contribution in [3.63, 3.8) is 0 Å². The Kier molecular flexibility index (Phi) is 5.59. The third-order valence-corrected chi connectivity index (χ3v) is 2.43. The zero-order valence-electron chi connectivity index (χ0n) is 10.6. The molecule has 9 nitrogen and oxygen atoms in total. The van der Waals surface area contributed by atoms with Crippen LogP contribution in [0.2, 0.25) is 0 Å². The highest BCUT2D eigenvalue weighted by Crippen LogP contribution is 2.13. The van der Waals surface area contributed by atoms with E-state index in [1.165, 1.54) is 12.5 Å². The van der Waals surface area contributed by atoms with E-state index in [0.717, 1.165) is 18.3 Å². The van der Waals surface area contributed by atoms with Crippen LogP contribution in [0.15, 0.2) is 10.5 Å². The van der Waals surface area contributed by atoms with Crippen molar-refractivity contribution < 1.29 is 28.7 Å². The van der Waals surface area contributed by atoms with Gasteiger partial charge in [0.2, 0.25) is 12.3 Å². The van der Waals surface area contributed by atoms with Gasteiger partial charge in [-0.1, -0.05) is 5.16 Å². The maximum absolute atomic E-state index is 11.7. The standard InChI is InChI=1S/C10H11N3O6S/c1-5(14)19-9(16)8(6-4-20-10(11)12-6)13-18-3-7(15)17-2/h4H,3H2,1-2H3,(H2,11,12). The fourth-order valence-electron chi connectivity index (χ4n) is 0.972. The number of methoxy groups -OCH3 is 1. The molecule has 0 spiro atoms. The van der Waals surface area contributed by atoms with Crippen molar-refractivity contribution in [2.45, 2.75) is 6.92 Å². The summed E-state index contributed by atoms with van der Waals surface area (Å²) >= 11 is 1.06. The molecule has 0 unspecified atom stereocenters. The summed E-state index contributed by atoms with van der Waals surface area (Å²) in [4.78, 5) is 41.7. The number of nitrogen functional groups attached to an aromatic ring is 1. The molecule has 1 aromatic heterocycles. The van der Waals surface area contributed by atoms with Crippen LogP contribution in [0.3, 0.4) is 0 Å². The van der Waals surface area contributed by atoms with E-state index in [0.29, 0.717) is 0 Å². The number of esters is 3. The first-order valence-electron chi connectivity index (χ1n) is 5.15. The molecule has 0 bridgehead atoms. The number of carbonyl (C=O) groups excluding carboxylic acids is 3. The van der Waals surface area contributed by atoms with Crippen LogP contribution in [0.4, 0.5) is 5.13 Å². The van der Waals surface area contributed by atoms with Crippen molar-refractivity contribution >= 4 is 40.1 Å². The fourth-order valence-corrected chi connectivity index (χ4v) is 1.52. The lowest BCUT2D eigenvalue weighted by Crippen LogP contribution is -2.22. The molecular weight excluding hydrogens is 290 g/mol. The van der Waals surface area contributed by atoms with E-state index >= 15 is 0 Å². The van der Waals surface area contributed by atoms with Crippen molar-refractivity contribution in [3.8, 4) is 0 Å². The highest BCUT2D eigenvalue weighted by atomic mass is 32.1.